The molecule has 0 aromatic rings. The second-order valence-corrected chi connectivity index (χ2v) is 6.98. The highest BCUT2D eigenvalue weighted by Crippen LogP contribution is 2.42. The fourth-order valence-corrected chi connectivity index (χ4v) is 4.31. The molecule has 0 N–H and O–H groups in total. The molecule has 116 valence electrons. The van der Waals surface area contributed by atoms with Crippen molar-refractivity contribution in [3.63, 3.8) is 0 Å². The number of fused-ring (bicyclic) bond motifs is 4. The average Bonchev–Trinajstić information content (AvgIpc) is 2.97. The van der Waals surface area contributed by atoms with Crippen molar-refractivity contribution in [2.45, 2.75) is 25.2 Å². The molecule has 0 aromatic heterocycles. The van der Waals surface area contributed by atoms with Crippen molar-refractivity contribution < 1.29 is 0 Å². The topological polar surface area (TPSA) is 0 Å². The predicted molar refractivity (Wildman–Crippen MR) is 101 cm³/mol. The van der Waals surface area contributed by atoms with E-state index < -0.39 is 0 Å². The highest BCUT2D eigenvalue weighted by atomic mass is 14.3. The highest BCUT2D eigenvalue weighted by molar-refractivity contribution is 5.74. The van der Waals surface area contributed by atoms with Crippen molar-refractivity contribution in [3.8, 4) is 22.3 Å². The van der Waals surface area contributed by atoms with Crippen molar-refractivity contribution in [2.24, 2.45) is 0 Å². The Hall–Kier alpha value is -2.60. The molecule has 0 bridgehead atoms. The van der Waals surface area contributed by atoms with Gasteiger partial charge in [-0.1, -0.05) is 78.9 Å². The third kappa shape index (κ3) is 2.22. The summed E-state index contributed by atoms with van der Waals surface area (Å²) in [7, 11) is 0. The third-order valence-corrected chi connectivity index (χ3v) is 5.55. The lowest BCUT2D eigenvalue weighted by Gasteiger charge is -2.22. The van der Waals surface area contributed by atoms with Crippen molar-refractivity contribution in [1.29, 1.82) is 0 Å². The van der Waals surface area contributed by atoms with Gasteiger partial charge >= 0.3 is 0 Å². The summed E-state index contributed by atoms with van der Waals surface area (Å²) < 4.78 is 0. The second-order valence-electron chi connectivity index (χ2n) is 6.98. The van der Waals surface area contributed by atoms with Crippen LogP contribution >= 0.6 is 0 Å². The molecule has 1 atom stereocenters. The molecule has 5 rings (SSSR count). The normalized spacial score (nSPS) is 17.1. The van der Waals surface area contributed by atoms with Gasteiger partial charge in [0.05, 0.1) is 0 Å². The zero-order valence-electron chi connectivity index (χ0n) is 13.7. The Balaban J connectivity index is 1.55. The molecular weight excluding hydrogens is 288 g/mol. The SMILES string of the molecule is c1ccc2cc(C3CCc4cc5cccccc-5c4C3)cc-2cc1. The van der Waals surface area contributed by atoms with Gasteiger partial charge in [0.2, 0.25) is 0 Å². The van der Waals surface area contributed by atoms with E-state index in [4.69, 9.17) is 0 Å². The molecule has 0 fully saturated rings. The lowest BCUT2D eigenvalue weighted by molar-refractivity contribution is 0.590. The maximum atomic E-state index is 2.41. The molecule has 24 heavy (non-hydrogen) atoms. The van der Waals surface area contributed by atoms with E-state index in [1.807, 2.05) is 0 Å². The Morgan fingerprint density at radius 3 is 2.08 bits per heavy atom. The summed E-state index contributed by atoms with van der Waals surface area (Å²) >= 11 is 0. The summed E-state index contributed by atoms with van der Waals surface area (Å²) in [4.78, 5) is 0. The molecule has 0 radical (unpaired) electrons. The van der Waals surface area contributed by atoms with Gasteiger partial charge in [-0.05, 0) is 64.1 Å². The van der Waals surface area contributed by atoms with Crippen LogP contribution < -0.4 is 0 Å². The maximum absolute atomic E-state index is 2.41. The van der Waals surface area contributed by atoms with Crippen LogP contribution in [-0.4, -0.2) is 0 Å². The fraction of sp³-hybridized carbons (Fsp3) is 0.167. The van der Waals surface area contributed by atoms with Gasteiger partial charge < -0.3 is 0 Å². The first-order chi connectivity index (χ1) is 11.9. The molecule has 5 aliphatic carbocycles. The molecule has 5 aliphatic rings. The number of hydrogen-bond donors (Lipinski definition) is 0. The van der Waals surface area contributed by atoms with Gasteiger partial charge in [-0.15, -0.1) is 0 Å². The van der Waals surface area contributed by atoms with Gasteiger partial charge in [-0.2, -0.15) is 0 Å². The molecular formula is C24H20. The molecule has 0 nitrogen and oxygen atoms in total. The summed E-state index contributed by atoms with van der Waals surface area (Å²) in [6.07, 6.45) is 3.64. The van der Waals surface area contributed by atoms with E-state index in [-0.39, 0.29) is 0 Å². The molecule has 0 heteroatoms. The van der Waals surface area contributed by atoms with Crippen LogP contribution in [0.15, 0.2) is 78.9 Å². The standard InChI is InChI=1S/C24H20/c1-3-7-17-13-22(14-18(17)8-4-1)19-11-12-21-15-20-9-5-2-6-10-23(20)24(21)16-19/h1-10,13-15,19H,11-12,16H2. The minimum atomic E-state index is 0.645. The zero-order valence-corrected chi connectivity index (χ0v) is 13.7. The molecule has 0 spiro atoms. The Bertz CT molecular complexity index is 919. The Kier molecular flexibility index (Phi) is 3.16. The van der Waals surface area contributed by atoms with Crippen LogP contribution in [0.25, 0.3) is 22.3 Å². The molecule has 0 saturated heterocycles. The van der Waals surface area contributed by atoms with Crippen molar-refractivity contribution in [3.05, 3.63) is 95.6 Å². The van der Waals surface area contributed by atoms with E-state index in [0.29, 0.717) is 5.92 Å². The molecule has 0 heterocycles. The first-order valence-corrected chi connectivity index (χ1v) is 8.87. The van der Waals surface area contributed by atoms with Gasteiger partial charge in [-0.3, -0.25) is 0 Å². The van der Waals surface area contributed by atoms with E-state index in [1.165, 1.54) is 47.1 Å². The Morgan fingerprint density at radius 2 is 1.33 bits per heavy atom. The van der Waals surface area contributed by atoms with Crippen LogP contribution in [0.1, 0.15) is 29.0 Å². The third-order valence-electron chi connectivity index (χ3n) is 5.55. The molecule has 0 aromatic carbocycles. The van der Waals surface area contributed by atoms with Crippen molar-refractivity contribution in [2.75, 3.05) is 0 Å². The minimum Gasteiger partial charge on any atom is -0.0622 e. The first-order valence-electron chi connectivity index (χ1n) is 8.87. The molecule has 1 unspecified atom stereocenters. The lowest BCUT2D eigenvalue weighted by atomic mass is 9.82. The van der Waals surface area contributed by atoms with Gasteiger partial charge in [0.25, 0.3) is 0 Å². The molecule has 0 amide bonds. The van der Waals surface area contributed by atoms with E-state index in [9.17, 15) is 0 Å². The van der Waals surface area contributed by atoms with E-state index >= 15 is 0 Å². The van der Waals surface area contributed by atoms with E-state index in [2.05, 4.69) is 78.9 Å². The zero-order chi connectivity index (χ0) is 15.9. The van der Waals surface area contributed by atoms with Crippen LogP contribution in [0.5, 0.6) is 0 Å². The van der Waals surface area contributed by atoms with Gasteiger partial charge in [0, 0.05) is 0 Å². The second kappa shape index (κ2) is 5.49. The number of aryl methyl sites for hydroxylation is 1. The fourth-order valence-electron chi connectivity index (χ4n) is 4.31. The Labute approximate surface area is 143 Å². The van der Waals surface area contributed by atoms with Gasteiger partial charge in [-0.25, -0.2) is 0 Å². The van der Waals surface area contributed by atoms with Gasteiger partial charge in [0.1, 0.15) is 0 Å². The smallest absolute Gasteiger partial charge is 0.0118 e. The minimum absolute atomic E-state index is 0.645. The lowest BCUT2D eigenvalue weighted by Crippen LogP contribution is -2.10. The van der Waals surface area contributed by atoms with Gasteiger partial charge in [0.15, 0.2) is 0 Å². The summed E-state index contributed by atoms with van der Waals surface area (Å²) in [6, 6.07) is 29.0. The largest absolute Gasteiger partial charge is 0.0622 e. The van der Waals surface area contributed by atoms with E-state index in [1.54, 1.807) is 11.1 Å². The van der Waals surface area contributed by atoms with Crippen molar-refractivity contribution in [1.82, 2.24) is 0 Å². The number of rotatable bonds is 1. The van der Waals surface area contributed by atoms with Crippen LogP contribution in [0.2, 0.25) is 0 Å². The van der Waals surface area contributed by atoms with E-state index in [0.717, 1.165) is 0 Å². The van der Waals surface area contributed by atoms with Crippen LogP contribution in [-0.2, 0) is 12.8 Å². The van der Waals surface area contributed by atoms with Crippen LogP contribution in [0.3, 0.4) is 0 Å². The first kappa shape index (κ1) is 13.8. The summed E-state index contributed by atoms with van der Waals surface area (Å²) in [6.45, 7) is 0. The molecule has 0 saturated carbocycles. The average molecular weight is 308 g/mol. The quantitative estimate of drug-likeness (QED) is 0.394. The molecule has 0 aliphatic heterocycles. The predicted octanol–water partition coefficient (Wildman–Crippen LogP) is 6.17. The summed E-state index contributed by atoms with van der Waals surface area (Å²) in [5, 5.41) is 0. The summed E-state index contributed by atoms with van der Waals surface area (Å²) in [5.74, 6) is 0.645. The highest BCUT2D eigenvalue weighted by Gasteiger charge is 2.25. The summed E-state index contributed by atoms with van der Waals surface area (Å²) in [5.41, 5.74) is 10.2. The number of hydrogen-bond acceptors (Lipinski definition) is 0. The van der Waals surface area contributed by atoms with Crippen LogP contribution in [0, 0.1) is 0 Å². The van der Waals surface area contributed by atoms with Crippen molar-refractivity contribution >= 4 is 0 Å². The van der Waals surface area contributed by atoms with Crippen LogP contribution in [0.4, 0.5) is 0 Å². The maximum Gasteiger partial charge on any atom is -0.0118 e. The monoisotopic (exact) mass is 308 g/mol. The Morgan fingerprint density at radius 1 is 0.667 bits per heavy atom.